The predicted molar refractivity (Wildman–Crippen MR) is 75.4 cm³/mol. The third-order valence-electron chi connectivity index (χ3n) is 3.70. The van der Waals surface area contributed by atoms with Crippen LogP contribution in [0.5, 0.6) is 5.75 Å². The van der Waals surface area contributed by atoms with Crippen LogP contribution in [-0.2, 0) is 17.9 Å². The average Bonchev–Trinajstić information content (AvgIpc) is 2.51. The Kier molecular flexibility index (Phi) is 3.82. The van der Waals surface area contributed by atoms with Gasteiger partial charge in [-0.15, -0.1) is 0 Å². The molecule has 2 heterocycles. The van der Waals surface area contributed by atoms with Gasteiger partial charge in [-0.1, -0.05) is 6.07 Å². The van der Waals surface area contributed by atoms with E-state index in [1.807, 2.05) is 18.2 Å². The molecule has 0 atom stereocenters. The minimum absolute atomic E-state index is 0.0570. The standard InChI is InChI=1S/C15H18N2O3/c18-10-12-8-11(9-17-4-6-20-7-5-17)15(19)14-13(12)2-1-3-16-14/h1-3,8,18-19H,4-7,9-10H2. The van der Waals surface area contributed by atoms with E-state index in [4.69, 9.17) is 4.74 Å². The molecule has 2 N–H and O–H groups in total. The number of aromatic hydroxyl groups is 1. The maximum absolute atomic E-state index is 10.4. The second-order valence-corrected chi connectivity index (χ2v) is 4.99. The summed E-state index contributed by atoms with van der Waals surface area (Å²) >= 11 is 0. The Balaban J connectivity index is 1.99. The Morgan fingerprint density at radius 3 is 2.80 bits per heavy atom. The van der Waals surface area contributed by atoms with E-state index < -0.39 is 0 Å². The van der Waals surface area contributed by atoms with Gasteiger partial charge in [-0.2, -0.15) is 0 Å². The number of nitrogens with zero attached hydrogens (tertiary/aromatic N) is 2. The van der Waals surface area contributed by atoms with Gasteiger partial charge < -0.3 is 14.9 Å². The van der Waals surface area contributed by atoms with Crippen molar-refractivity contribution in [1.29, 1.82) is 0 Å². The summed E-state index contributed by atoms with van der Waals surface area (Å²) in [4.78, 5) is 6.47. The summed E-state index contributed by atoms with van der Waals surface area (Å²) in [5.41, 5.74) is 2.17. The molecule has 1 fully saturated rings. The van der Waals surface area contributed by atoms with Crippen LogP contribution in [0.2, 0.25) is 0 Å². The number of aliphatic hydroxyl groups is 1. The largest absolute Gasteiger partial charge is 0.505 e. The Bertz CT molecular complexity index is 609. The van der Waals surface area contributed by atoms with Crippen molar-refractivity contribution in [3.8, 4) is 5.75 Å². The van der Waals surface area contributed by atoms with E-state index in [1.54, 1.807) is 6.20 Å². The smallest absolute Gasteiger partial charge is 0.146 e. The molecule has 5 nitrogen and oxygen atoms in total. The van der Waals surface area contributed by atoms with E-state index in [-0.39, 0.29) is 12.4 Å². The van der Waals surface area contributed by atoms with Crippen molar-refractivity contribution in [3.05, 3.63) is 35.5 Å². The maximum Gasteiger partial charge on any atom is 0.146 e. The molecule has 0 spiro atoms. The van der Waals surface area contributed by atoms with Crippen LogP contribution in [0.15, 0.2) is 24.4 Å². The molecule has 106 valence electrons. The topological polar surface area (TPSA) is 65.8 Å². The first kappa shape index (κ1) is 13.3. The van der Waals surface area contributed by atoms with E-state index >= 15 is 0 Å². The lowest BCUT2D eigenvalue weighted by Gasteiger charge is -2.27. The highest BCUT2D eigenvalue weighted by molar-refractivity contribution is 5.88. The molecule has 0 bridgehead atoms. The fraction of sp³-hybridized carbons (Fsp3) is 0.400. The quantitative estimate of drug-likeness (QED) is 0.882. The number of pyridine rings is 1. The molecule has 0 saturated carbocycles. The van der Waals surface area contributed by atoms with Gasteiger partial charge in [0.25, 0.3) is 0 Å². The zero-order chi connectivity index (χ0) is 13.9. The molecule has 1 saturated heterocycles. The number of morpholine rings is 1. The highest BCUT2D eigenvalue weighted by atomic mass is 16.5. The lowest BCUT2D eigenvalue weighted by Crippen LogP contribution is -2.35. The minimum atomic E-state index is -0.0570. The Labute approximate surface area is 117 Å². The van der Waals surface area contributed by atoms with Crippen molar-refractivity contribution in [2.45, 2.75) is 13.2 Å². The molecule has 0 aliphatic carbocycles. The van der Waals surface area contributed by atoms with Gasteiger partial charge in [-0.05, 0) is 17.7 Å². The number of rotatable bonds is 3. The van der Waals surface area contributed by atoms with Crippen molar-refractivity contribution in [1.82, 2.24) is 9.88 Å². The van der Waals surface area contributed by atoms with Crippen molar-refractivity contribution >= 4 is 10.9 Å². The van der Waals surface area contributed by atoms with Crippen LogP contribution in [-0.4, -0.2) is 46.4 Å². The fourth-order valence-electron chi connectivity index (χ4n) is 2.61. The molecular weight excluding hydrogens is 256 g/mol. The van der Waals surface area contributed by atoms with Gasteiger partial charge in [0, 0.05) is 36.8 Å². The summed E-state index contributed by atoms with van der Waals surface area (Å²) in [7, 11) is 0. The van der Waals surface area contributed by atoms with Gasteiger partial charge in [0.2, 0.25) is 0 Å². The van der Waals surface area contributed by atoms with E-state index in [0.717, 1.165) is 42.8 Å². The maximum atomic E-state index is 10.4. The van der Waals surface area contributed by atoms with Crippen molar-refractivity contribution < 1.29 is 14.9 Å². The normalized spacial score (nSPS) is 16.6. The van der Waals surface area contributed by atoms with Crippen LogP contribution >= 0.6 is 0 Å². The first-order chi connectivity index (χ1) is 9.79. The van der Waals surface area contributed by atoms with Crippen LogP contribution in [0.1, 0.15) is 11.1 Å². The van der Waals surface area contributed by atoms with Gasteiger partial charge in [-0.25, -0.2) is 0 Å². The summed E-state index contributed by atoms with van der Waals surface area (Å²) in [6.07, 6.45) is 1.65. The monoisotopic (exact) mass is 274 g/mol. The summed E-state index contributed by atoms with van der Waals surface area (Å²) < 4.78 is 5.33. The first-order valence-electron chi connectivity index (χ1n) is 6.79. The van der Waals surface area contributed by atoms with Crippen LogP contribution < -0.4 is 0 Å². The highest BCUT2D eigenvalue weighted by Gasteiger charge is 2.16. The number of fused-ring (bicyclic) bond motifs is 1. The van der Waals surface area contributed by atoms with Gasteiger partial charge in [0.15, 0.2) is 0 Å². The molecule has 20 heavy (non-hydrogen) atoms. The second kappa shape index (κ2) is 5.75. The number of hydrogen-bond acceptors (Lipinski definition) is 5. The zero-order valence-corrected chi connectivity index (χ0v) is 11.2. The molecule has 0 unspecified atom stereocenters. The average molecular weight is 274 g/mol. The van der Waals surface area contributed by atoms with Crippen molar-refractivity contribution in [2.75, 3.05) is 26.3 Å². The number of phenols is 1. The number of phenolic OH excluding ortho intramolecular Hbond substituents is 1. The van der Waals surface area contributed by atoms with Crippen LogP contribution in [0.25, 0.3) is 10.9 Å². The number of ether oxygens (including phenoxy) is 1. The first-order valence-corrected chi connectivity index (χ1v) is 6.79. The van der Waals surface area contributed by atoms with Crippen molar-refractivity contribution in [3.63, 3.8) is 0 Å². The Morgan fingerprint density at radius 2 is 2.05 bits per heavy atom. The summed E-state index contributed by atoms with van der Waals surface area (Å²) in [6.45, 7) is 3.74. The zero-order valence-electron chi connectivity index (χ0n) is 11.2. The third-order valence-corrected chi connectivity index (χ3v) is 3.70. The van der Waals surface area contributed by atoms with Crippen LogP contribution in [0.4, 0.5) is 0 Å². The molecule has 1 aromatic carbocycles. The number of aromatic nitrogens is 1. The number of benzene rings is 1. The molecule has 2 aromatic rings. The molecular formula is C15H18N2O3. The lowest BCUT2D eigenvalue weighted by molar-refractivity contribution is 0.0339. The summed E-state index contributed by atoms with van der Waals surface area (Å²) in [5.74, 6) is 0.212. The number of hydrogen-bond donors (Lipinski definition) is 2. The van der Waals surface area contributed by atoms with E-state index in [2.05, 4.69) is 9.88 Å². The van der Waals surface area contributed by atoms with E-state index in [9.17, 15) is 10.2 Å². The van der Waals surface area contributed by atoms with E-state index in [0.29, 0.717) is 12.1 Å². The van der Waals surface area contributed by atoms with Gasteiger partial charge >= 0.3 is 0 Å². The van der Waals surface area contributed by atoms with Crippen LogP contribution in [0, 0.1) is 0 Å². The minimum Gasteiger partial charge on any atom is -0.505 e. The van der Waals surface area contributed by atoms with Crippen LogP contribution in [0.3, 0.4) is 0 Å². The molecule has 3 rings (SSSR count). The molecule has 1 aliphatic heterocycles. The van der Waals surface area contributed by atoms with E-state index in [1.165, 1.54) is 0 Å². The van der Waals surface area contributed by atoms with Crippen molar-refractivity contribution in [2.24, 2.45) is 0 Å². The highest BCUT2D eigenvalue weighted by Crippen LogP contribution is 2.31. The second-order valence-electron chi connectivity index (χ2n) is 4.99. The van der Waals surface area contributed by atoms with Gasteiger partial charge in [0.1, 0.15) is 11.3 Å². The third kappa shape index (κ3) is 2.47. The SMILES string of the molecule is OCc1cc(CN2CCOCC2)c(O)c2ncccc12. The molecule has 0 radical (unpaired) electrons. The fourth-order valence-corrected chi connectivity index (χ4v) is 2.61. The van der Waals surface area contributed by atoms with Gasteiger partial charge in [-0.3, -0.25) is 9.88 Å². The Hall–Kier alpha value is -1.69. The molecule has 1 aliphatic rings. The molecule has 5 heteroatoms. The number of aliphatic hydroxyl groups excluding tert-OH is 1. The van der Waals surface area contributed by atoms with Gasteiger partial charge in [0.05, 0.1) is 19.8 Å². The molecule has 0 amide bonds. The Morgan fingerprint density at radius 1 is 1.25 bits per heavy atom. The predicted octanol–water partition coefficient (Wildman–Crippen LogP) is 1.26. The lowest BCUT2D eigenvalue weighted by atomic mass is 10.0. The molecule has 1 aromatic heterocycles. The summed E-state index contributed by atoms with van der Waals surface area (Å²) in [6, 6.07) is 5.55. The summed E-state index contributed by atoms with van der Waals surface area (Å²) in [5, 5.41) is 20.7.